The molecule has 1 aliphatic heterocycles. The second-order valence-electron chi connectivity index (χ2n) is 6.40. The van der Waals surface area contributed by atoms with Crippen molar-refractivity contribution in [3.8, 4) is 0 Å². The summed E-state index contributed by atoms with van der Waals surface area (Å²) in [6.45, 7) is 2.48. The van der Waals surface area contributed by atoms with Crippen LogP contribution in [0.4, 0.5) is 18.9 Å². The number of alkyl halides is 3. The fourth-order valence-corrected chi connectivity index (χ4v) is 2.99. The Labute approximate surface area is 144 Å². The van der Waals surface area contributed by atoms with Gasteiger partial charge in [-0.1, -0.05) is 11.6 Å². The lowest BCUT2D eigenvalue weighted by Crippen LogP contribution is -2.51. The summed E-state index contributed by atoms with van der Waals surface area (Å²) in [6, 6.07) is 7.59. The maximum atomic E-state index is 12.9. The van der Waals surface area contributed by atoms with Crippen molar-refractivity contribution in [2.24, 2.45) is 16.1 Å². The monoisotopic (exact) mass is 360 g/mol. The molecule has 2 aliphatic rings. The molecule has 0 bridgehead atoms. The van der Waals surface area contributed by atoms with E-state index in [-0.39, 0.29) is 25.3 Å². The van der Waals surface area contributed by atoms with Gasteiger partial charge in [0.2, 0.25) is 0 Å². The van der Waals surface area contributed by atoms with Gasteiger partial charge in [0.25, 0.3) is 0 Å². The first kappa shape index (κ1) is 17.2. The van der Waals surface area contributed by atoms with Crippen LogP contribution < -0.4 is 10.6 Å². The van der Waals surface area contributed by atoms with E-state index in [2.05, 4.69) is 9.89 Å². The first-order valence-electron chi connectivity index (χ1n) is 7.93. The van der Waals surface area contributed by atoms with Gasteiger partial charge < -0.3 is 15.5 Å². The van der Waals surface area contributed by atoms with Gasteiger partial charge in [-0.2, -0.15) is 13.2 Å². The fraction of sp³-hybridized carbons (Fsp3) is 0.562. The van der Waals surface area contributed by atoms with E-state index < -0.39 is 11.6 Å². The van der Waals surface area contributed by atoms with Gasteiger partial charge in [0.15, 0.2) is 5.96 Å². The minimum atomic E-state index is -4.19. The zero-order valence-corrected chi connectivity index (χ0v) is 13.9. The molecule has 0 unspecified atom stereocenters. The smallest absolute Gasteiger partial charge is 0.370 e. The van der Waals surface area contributed by atoms with Gasteiger partial charge in [0.1, 0.15) is 0 Å². The molecule has 4 nitrogen and oxygen atoms in total. The van der Waals surface area contributed by atoms with Gasteiger partial charge >= 0.3 is 6.18 Å². The van der Waals surface area contributed by atoms with E-state index in [1.54, 1.807) is 0 Å². The molecule has 24 heavy (non-hydrogen) atoms. The number of anilines is 1. The summed E-state index contributed by atoms with van der Waals surface area (Å²) >= 11 is 5.88. The molecule has 0 spiro atoms. The molecule has 2 N–H and O–H groups in total. The number of aliphatic imine (C=N–C) groups is 1. The lowest BCUT2D eigenvalue weighted by atomic mass is 10.1. The molecule has 1 aromatic carbocycles. The molecule has 0 amide bonds. The molecule has 1 aliphatic carbocycles. The molecule has 0 atom stereocenters. The number of nitrogens with two attached hydrogens (primary N) is 1. The normalized spacial score (nSPS) is 21.1. The summed E-state index contributed by atoms with van der Waals surface area (Å²) in [7, 11) is 0. The Balaban J connectivity index is 1.54. The molecular formula is C16H20ClF3N4. The Morgan fingerprint density at radius 3 is 2.21 bits per heavy atom. The van der Waals surface area contributed by atoms with Crippen LogP contribution in [0.15, 0.2) is 29.3 Å². The van der Waals surface area contributed by atoms with Crippen LogP contribution in [0.2, 0.25) is 5.02 Å². The molecule has 0 aromatic heterocycles. The summed E-state index contributed by atoms with van der Waals surface area (Å²) in [6.07, 6.45) is -3.89. The third kappa shape index (κ3) is 3.55. The quantitative estimate of drug-likeness (QED) is 0.665. The number of halogens is 4. The van der Waals surface area contributed by atoms with E-state index in [1.807, 2.05) is 29.2 Å². The topological polar surface area (TPSA) is 44.9 Å². The zero-order chi connectivity index (χ0) is 17.4. The number of hydrogen-bond donors (Lipinski definition) is 1. The first-order chi connectivity index (χ1) is 11.3. The average Bonchev–Trinajstić information content (AvgIpc) is 3.35. The minimum Gasteiger partial charge on any atom is -0.370 e. The van der Waals surface area contributed by atoms with Crippen LogP contribution in [0.3, 0.4) is 0 Å². The summed E-state index contributed by atoms with van der Waals surface area (Å²) in [4.78, 5) is 8.06. The van der Waals surface area contributed by atoms with Crippen molar-refractivity contribution >= 4 is 23.2 Å². The molecule has 1 heterocycles. The number of hydrogen-bond acceptors (Lipinski definition) is 2. The Morgan fingerprint density at radius 1 is 1.12 bits per heavy atom. The van der Waals surface area contributed by atoms with Crippen molar-refractivity contribution in [2.75, 3.05) is 37.6 Å². The lowest BCUT2D eigenvalue weighted by Gasteiger charge is -2.36. The fourth-order valence-electron chi connectivity index (χ4n) is 2.86. The summed E-state index contributed by atoms with van der Waals surface area (Å²) < 4.78 is 38.7. The van der Waals surface area contributed by atoms with Crippen LogP contribution in [0.5, 0.6) is 0 Å². The standard InChI is InChI=1S/C16H20ClF3N4/c17-12-1-3-13(4-2-12)23-7-9-24(10-8-23)14(21)22-11-15(5-6-15)16(18,19)20/h1-4H,5-11H2,(H2,21,22). The van der Waals surface area contributed by atoms with Crippen LogP contribution >= 0.6 is 11.6 Å². The molecule has 1 saturated carbocycles. The van der Waals surface area contributed by atoms with E-state index in [4.69, 9.17) is 17.3 Å². The Morgan fingerprint density at radius 2 is 1.71 bits per heavy atom. The van der Waals surface area contributed by atoms with Gasteiger partial charge in [0.05, 0.1) is 12.0 Å². The molecule has 0 radical (unpaired) electrons. The van der Waals surface area contributed by atoms with Crippen molar-refractivity contribution in [1.82, 2.24) is 4.90 Å². The van der Waals surface area contributed by atoms with Crippen LogP contribution in [-0.4, -0.2) is 49.8 Å². The highest BCUT2D eigenvalue weighted by Crippen LogP contribution is 2.57. The predicted molar refractivity (Wildman–Crippen MR) is 89.4 cm³/mol. The van der Waals surface area contributed by atoms with Crippen molar-refractivity contribution < 1.29 is 13.2 Å². The number of piperazine rings is 1. The number of benzene rings is 1. The highest BCUT2D eigenvalue weighted by atomic mass is 35.5. The maximum absolute atomic E-state index is 12.9. The van der Waals surface area contributed by atoms with Crippen LogP contribution in [0, 0.1) is 5.41 Å². The lowest BCUT2D eigenvalue weighted by molar-refractivity contribution is -0.183. The SMILES string of the molecule is NC(=NCC1(C(F)(F)F)CC1)N1CCN(c2ccc(Cl)cc2)CC1. The van der Waals surface area contributed by atoms with Crippen LogP contribution in [-0.2, 0) is 0 Å². The maximum Gasteiger partial charge on any atom is 0.396 e. The van der Waals surface area contributed by atoms with Crippen LogP contribution in [0.25, 0.3) is 0 Å². The van der Waals surface area contributed by atoms with Crippen molar-refractivity contribution in [2.45, 2.75) is 19.0 Å². The van der Waals surface area contributed by atoms with Crippen molar-refractivity contribution in [3.05, 3.63) is 29.3 Å². The highest BCUT2D eigenvalue weighted by molar-refractivity contribution is 6.30. The van der Waals surface area contributed by atoms with Crippen molar-refractivity contribution in [3.63, 3.8) is 0 Å². The van der Waals surface area contributed by atoms with E-state index in [0.29, 0.717) is 18.1 Å². The zero-order valence-electron chi connectivity index (χ0n) is 13.2. The molecular weight excluding hydrogens is 341 g/mol. The summed E-state index contributed by atoms with van der Waals surface area (Å²) in [5, 5.41) is 0.687. The minimum absolute atomic E-state index is 0.150. The molecule has 3 rings (SSSR count). The molecule has 1 aromatic rings. The van der Waals surface area contributed by atoms with E-state index in [9.17, 15) is 13.2 Å². The van der Waals surface area contributed by atoms with Crippen LogP contribution in [0.1, 0.15) is 12.8 Å². The van der Waals surface area contributed by atoms with Crippen molar-refractivity contribution in [1.29, 1.82) is 0 Å². The number of nitrogens with zero attached hydrogens (tertiary/aromatic N) is 3. The predicted octanol–water partition coefficient (Wildman–Crippen LogP) is 3.12. The Kier molecular flexibility index (Phi) is 4.55. The van der Waals surface area contributed by atoms with Gasteiger partial charge in [0, 0.05) is 36.9 Å². The third-order valence-corrected chi connectivity index (χ3v) is 5.05. The Bertz CT molecular complexity index is 603. The summed E-state index contributed by atoms with van der Waals surface area (Å²) in [5.41, 5.74) is 5.34. The molecule has 8 heteroatoms. The molecule has 1 saturated heterocycles. The van der Waals surface area contributed by atoms with Gasteiger partial charge in [-0.05, 0) is 37.1 Å². The van der Waals surface area contributed by atoms with E-state index in [0.717, 1.165) is 18.8 Å². The van der Waals surface area contributed by atoms with Gasteiger partial charge in [-0.15, -0.1) is 0 Å². The largest absolute Gasteiger partial charge is 0.396 e. The van der Waals surface area contributed by atoms with E-state index in [1.165, 1.54) is 0 Å². The average molecular weight is 361 g/mol. The molecule has 2 fully saturated rings. The number of rotatable bonds is 3. The van der Waals surface area contributed by atoms with E-state index >= 15 is 0 Å². The molecule has 132 valence electrons. The third-order valence-electron chi connectivity index (χ3n) is 4.79. The van der Waals surface area contributed by atoms with Gasteiger partial charge in [-0.3, -0.25) is 4.99 Å². The highest BCUT2D eigenvalue weighted by Gasteiger charge is 2.63. The first-order valence-corrected chi connectivity index (χ1v) is 8.31. The van der Waals surface area contributed by atoms with Gasteiger partial charge in [-0.25, -0.2) is 0 Å². The Hall–Kier alpha value is -1.63. The second kappa shape index (κ2) is 6.35. The second-order valence-corrected chi connectivity index (χ2v) is 6.84. The summed E-state index contributed by atoms with van der Waals surface area (Å²) in [5.74, 6) is 0.210. The number of guanidine groups is 1.